The molecule has 1 fully saturated rings. The van der Waals surface area contributed by atoms with Crippen molar-refractivity contribution in [3.05, 3.63) is 35.4 Å². The second-order valence-electron chi connectivity index (χ2n) is 6.18. The van der Waals surface area contributed by atoms with Gasteiger partial charge in [-0.25, -0.2) is 0 Å². The van der Waals surface area contributed by atoms with Crippen molar-refractivity contribution in [2.75, 3.05) is 32.8 Å². The van der Waals surface area contributed by atoms with Crippen LogP contribution in [-0.4, -0.2) is 54.6 Å². The smallest absolute Gasteiger partial charge is 0.248 e. The molecule has 1 aliphatic rings. The molecule has 0 aliphatic carbocycles. The van der Waals surface area contributed by atoms with Gasteiger partial charge < -0.3 is 9.64 Å². The first-order chi connectivity index (χ1) is 11.1. The molecule has 1 amide bonds. The van der Waals surface area contributed by atoms with Gasteiger partial charge in [-0.2, -0.15) is 5.26 Å². The summed E-state index contributed by atoms with van der Waals surface area (Å²) < 4.78 is 5.41. The average molecular weight is 315 g/mol. The maximum atomic E-state index is 12.1. The van der Waals surface area contributed by atoms with Crippen LogP contribution in [0.3, 0.4) is 0 Å². The minimum Gasteiger partial charge on any atom is -0.369 e. The van der Waals surface area contributed by atoms with Crippen LogP contribution in [0.2, 0.25) is 0 Å². The fraction of sp³-hybridized carbons (Fsp3) is 0.556. The van der Waals surface area contributed by atoms with E-state index >= 15 is 0 Å². The van der Waals surface area contributed by atoms with Gasteiger partial charge >= 0.3 is 0 Å². The summed E-state index contributed by atoms with van der Waals surface area (Å²) in [5.41, 5.74) is 1.89. The van der Waals surface area contributed by atoms with Gasteiger partial charge in [0.05, 0.1) is 17.7 Å². The lowest BCUT2D eigenvalue weighted by Gasteiger charge is -2.22. The fourth-order valence-corrected chi connectivity index (χ4v) is 2.65. The molecule has 5 nitrogen and oxygen atoms in total. The molecule has 0 bridgehead atoms. The van der Waals surface area contributed by atoms with Gasteiger partial charge in [0.25, 0.3) is 0 Å². The molecule has 0 atom stereocenters. The van der Waals surface area contributed by atoms with Gasteiger partial charge in [-0.3, -0.25) is 9.69 Å². The topological polar surface area (TPSA) is 56.6 Å². The molecule has 0 saturated carbocycles. The van der Waals surface area contributed by atoms with Crippen LogP contribution in [-0.2, 0) is 16.1 Å². The Bertz CT molecular complexity index is 548. The SMILES string of the molecule is CC(C)OCC(=O)N1CCCN(Cc2ccc(C#N)cc2)CC1. The summed E-state index contributed by atoms with van der Waals surface area (Å²) in [6.07, 6.45) is 1.06. The van der Waals surface area contributed by atoms with Crippen molar-refractivity contribution < 1.29 is 9.53 Å². The van der Waals surface area contributed by atoms with E-state index in [0.29, 0.717) is 5.56 Å². The zero-order chi connectivity index (χ0) is 16.7. The Kier molecular flexibility index (Phi) is 6.57. The van der Waals surface area contributed by atoms with Crippen LogP contribution in [0, 0.1) is 11.3 Å². The van der Waals surface area contributed by atoms with Gasteiger partial charge in [-0.1, -0.05) is 12.1 Å². The normalized spacial score (nSPS) is 16.2. The van der Waals surface area contributed by atoms with Crippen molar-refractivity contribution in [2.24, 2.45) is 0 Å². The molecule has 1 aliphatic heterocycles. The number of benzene rings is 1. The number of ether oxygens (including phenoxy) is 1. The molecule has 1 heterocycles. The summed E-state index contributed by atoms with van der Waals surface area (Å²) in [6.45, 7) is 8.30. The van der Waals surface area contributed by atoms with E-state index in [-0.39, 0.29) is 18.6 Å². The Balaban J connectivity index is 1.83. The highest BCUT2D eigenvalue weighted by atomic mass is 16.5. The van der Waals surface area contributed by atoms with Crippen molar-refractivity contribution in [2.45, 2.75) is 32.9 Å². The van der Waals surface area contributed by atoms with Gasteiger partial charge in [-0.05, 0) is 38.0 Å². The van der Waals surface area contributed by atoms with E-state index in [1.165, 1.54) is 5.56 Å². The number of rotatable bonds is 5. The molecule has 0 N–H and O–H groups in total. The van der Waals surface area contributed by atoms with E-state index in [1.807, 2.05) is 43.0 Å². The molecule has 5 heteroatoms. The number of nitrogens with zero attached hydrogens (tertiary/aromatic N) is 3. The number of hydrogen-bond acceptors (Lipinski definition) is 4. The third-order valence-electron chi connectivity index (χ3n) is 3.97. The second kappa shape index (κ2) is 8.66. The third kappa shape index (κ3) is 5.66. The van der Waals surface area contributed by atoms with Gasteiger partial charge in [0.1, 0.15) is 6.61 Å². The Morgan fingerprint density at radius 2 is 1.96 bits per heavy atom. The van der Waals surface area contributed by atoms with Crippen LogP contribution < -0.4 is 0 Å². The lowest BCUT2D eigenvalue weighted by atomic mass is 10.1. The summed E-state index contributed by atoms with van der Waals surface area (Å²) in [5, 5.41) is 8.84. The molecule has 23 heavy (non-hydrogen) atoms. The highest BCUT2D eigenvalue weighted by Crippen LogP contribution is 2.10. The first-order valence-electron chi connectivity index (χ1n) is 8.19. The molecule has 1 saturated heterocycles. The number of carbonyl (C=O) groups excluding carboxylic acids is 1. The molecule has 2 rings (SSSR count). The van der Waals surface area contributed by atoms with Crippen LogP contribution in [0.15, 0.2) is 24.3 Å². The van der Waals surface area contributed by atoms with Crippen LogP contribution in [0.1, 0.15) is 31.4 Å². The second-order valence-corrected chi connectivity index (χ2v) is 6.18. The molecule has 1 aromatic rings. The largest absolute Gasteiger partial charge is 0.369 e. The highest BCUT2D eigenvalue weighted by Gasteiger charge is 2.19. The van der Waals surface area contributed by atoms with Gasteiger partial charge in [0.2, 0.25) is 5.91 Å². The first-order valence-corrected chi connectivity index (χ1v) is 8.19. The maximum Gasteiger partial charge on any atom is 0.248 e. The molecular weight excluding hydrogens is 290 g/mol. The average Bonchev–Trinajstić information content (AvgIpc) is 2.79. The Labute approximate surface area is 138 Å². The standard InChI is InChI=1S/C18H25N3O2/c1-15(2)23-14-18(22)21-9-3-8-20(10-11-21)13-17-6-4-16(12-19)5-7-17/h4-7,15H,3,8-11,13-14H2,1-2H3. The van der Waals surface area contributed by atoms with Crippen LogP contribution >= 0.6 is 0 Å². The molecule has 0 unspecified atom stereocenters. The lowest BCUT2D eigenvalue weighted by molar-refractivity contribution is -0.137. The quantitative estimate of drug-likeness (QED) is 0.834. The molecule has 124 valence electrons. The summed E-state index contributed by atoms with van der Waals surface area (Å²) >= 11 is 0. The summed E-state index contributed by atoms with van der Waals surface area (Å²) in [7, 11) is 0. The number of nitriles is 1. The van der Waals surface area contributed by atoms with Crippen LogP contribution in [0.4, 0.5) is 0 Å². The van der Waals surface area contributed by atoms with Gasteiger partial charge in [0, 0.05) is 32.7 Å². The van der Waals surface area contributed by atoms with E-state index in [9.17, 15) is 4.79 Å². The Hall–Kier alpha value is -1.90. The predicted octanol–water partition coefficient (Wildman–Crippen LogP) is 2.02. The van der Waals surface area contributed by atoms with Gasteiger partial charge in [-0.15, -0.1) is 0 Å². The van der Waals surface area contributed by atoms with Crippen molar-refractivity contribution in [3.63, 3.8) is 0 Å². The number of hydrogen-bond donors (Lipinski definition) is 0. The Morgan fingerprint density at radius 1 is 1.22 bits per heavy atom. The maximum absolute atomic E-state index is 12.1. The summed E-state index contributed by atoms with van der Waals surface area (Å²) in [6, 6.07) is 9.85. The predicted molar refractivity (Wildman–Crippen MR) is 88.7 cm³/mol. The lowest BCUT2D eigenvalue weighted by Crippen LogP contribution is -2.37. The summed E-state index contributed by atoms with van der Waals surface area (Å²) in [4.78, 5) is 16.4. The van der Waals surface area contributed by atoms with Crippen molar-refractivity contribution in [1.29, 1.82) is 5.26 Å². The minimum atomic E-state index is 0.0822. The molecule has 0 spiro atoms. The van der Waals surface area contributed by atoms with Crippen LogP contribution in [0.5, 0.6) is 0 Å². The van der Waals surface area contributed by atoms with E-state index in [4.69, 9.17) is 10.00 Å². The first kappa shape index (κ1) is 17.5. The molecular formula is C18H25N3O2. The molecule has 0 aromatic heterocycles. The molecule has 1 aromatic carbocycles. The third-order valence-corrected chi connectivity index (χ3v) is 3.97. The highest BCUT2D eigenvalue weighted by molar-refractivity contribution is 5.77. The zero-order valence-electron chi connectivity index (χ0n) is 14.0. The number of amides is 1. The van der Waals surface area contributed by atoms with Crippen LogP contribution in [0.25, 0.3) is 0 Å². The van der Waals surface area contributed by atoms with E-state index in [0.717, 1.165) is 39.1 Å². The Morgan fingerprint density at radius 3 is 2.61 bits per heavy atom. The van der Waals surface area contributed by atoms with E-state index in [2.05, 4.69) is 11.0 Å². The van der Waals surface area contributed by atoms with E-state index < -0.39 is 0 Å². The minimum absolute atomic E-state index is 0.0822. The number of carbonyl (C=O) groups is 1. The van der Waals surface area contributed by atoms with E-state index in [1.54, 1.807) is 0 Å². The van der Waals surface area contributed by atoms with Crippen molar-refractivity contribution in [3.8, 4) is 6.07 Å². The molecule has 0 radical (unpaired) electrons. The fourth-order valence-electron chi connectivity index (χ4n) is 2.65. The van der Waals surface area contributed by atoms with Gasteiger partial charge in [0.15, 0.2) is 0 Å². The zero-order valence-corrected chi connectivity index (χ0v) is 14.0. The van der Waals surface area contributed by atoms with Crippen molar-refractivity contribution >= 4 is 5.91 Å². The summed E-state index contributed by atoms with van der Waals surface area (Å²) in [5.74, 6) is 0.0823. The monoisotopic (exact) mass is 315 g/mol. The van der Waals surface area contributed by atoms with Crippen molar-refractivity contribution in [1.82, 2.24) is 9.80 Å².